The van der Waals surface area contributed by atoms with Gasteiger partial charge in [0, 0.05) is 13.1 Å². The fourth-order valence-corrected chi connectivity index (χ4v) is 3.03. The Hall–Kier alpha value is -1.63. The summed E-state index contributed by atoms with van der Waals surface area (Å²) in [5, 5.41) is 0.826. The molecule has 0 aliphatic carbocycles. The molecule has 3 rings (SSSR count). The van der Waals surface area contributed by atoms with Gasteiger partial charge in [0.2, 0.25) is 0 Å². The zero-order valence-corrected chi connectivity index (χ0v) is 9.97. The molecule has 2 aromatic rings. The average molecular weight is 252 g/mol. The van der Waals surface area contributed by atoms with E-state index >= 15 is 0 Å². The van der Waals surface area contributed by atoms with Crippen molar-refractivity contribution < 1.29 is 0 Å². The first kappa shape index (κ1) is 10.5. The van der Waals surface area contributed by atoms with Crippen LogP contribution in [0.25, 0.3) is 10.3 Å². The van der Waals surface area contributed by atoms with Gasteiger partial charge >= 0.3 is 5.69 Å². The molecule has 1 aliphatic heterocycles. The van der Waals surface area contributed by atoms with Crippen LogP contribution in [0.15, 0.2) is 9.59 Å². The Morgan fingerprint density at radius 3 is 2.65 bits per heavy atom. The summed E-state index contributed by atoms with van der Waals surface area (Å²) < 4.78 is 0.491. The van der Waals surface area contributed by atoms with Gasteiger partial charge < -0.3 is 4.90 Å². The van der Waals surface area contributed by atoms with Gasteiger partial charge in [0.05, 0.1) is 0 Å². The third-order valence-corrected chi connectivity index (χ3v) is 4.02. The normalized spacial score (nSPS) is 16.6. The lowest BCUT2D eigenvalue weighted by atomic mass is 10.1. The van der Waals surface area contributed by atoms with Gasteiger partial charge in [-0.05, 0) is 19.3 Å². The fourth-order valence-electron chi connectivity index (χ4n) is 2.07. The van der Waals surface area contributed by atoms with E-state index in [9.17, 15) is 9.59 Å². The molecule has 0 bridgehead atoms. The van der Waals surface area contributed by atoms with Crippen LogP contribution >= 0.6 is 11.3 Å². The maximum atomic E-state index is 11.6. The Bertz CT molecular complexity index is 650. The number of aromatic nitrogens is 3. The van der Waals surface area contributed by atoms with E-state index in [1.807, 2.05) is 0 Å². The molecule has 0 aromatic carbocycles. The van der Waals surface area contributed by atoms with Gasteiger partial charge in [0.1, 0.15) is 4.70 Å². The first-order valence-electron chi connectivity index (χ1n) is 5.62. The van der Waals surface area contributed by atoms with Crippen LogP contribution in [0.4, 0.5) is 5.13 Å². The number of rotatable bonds is 1. The molecule has 17 heavy (non-hydrogen) atoms. The molecule has 0 spiro atoms. The summed E-state index contributed by atoms with van der Waals surface area (Å²) in [6, 6.07) is 0. The Kier molecular flexibility index (Phi) is 2.47. The number of nitrogens with zero attached hydrogens (tertiary/aromatic N) is 2. The van der Waals surface area contributed by atoms with E-state index in [0.717, 1.165) is 31.1 Å². The van der Waals surface area contributed by atoms with Crippen LogP contribution in [0.1, 0.15) is 19.3 Å². The number of aromatic amines is 2. The van der Waals surface area contributed by atoms with Crippen molar-refractivity contribution in [2.45, 2.75) is 19.3 Å². The van der Waals surface area contributed by atoms with Crippen molar-refractivity contribution in [3.8, 4) is 0 Å². The summed E-state index contributed by atoms with van der Waals surface area (Å²) in [6.07, 6.45) is 3.56. The van der Waals surface area contributed by atoms with Gasteiger partial charge in [-0.1, -0.05) is 11.3 Å². The van der Waals surface area contributed by atoms with Crippen molar-refractivity contribution in [2.75, 3.05) is 18.0 Å². The third kappa shape index (κ3) is 1.86. The van der Waals surface area contributed by atoms with Crippen molar-refractivity contribution in [1.82, 2.24) is 15.0 Å². The van der Waals surface area contributed by atoms with Crippen molar-refractivity contribution >= 4 is 26.8 Å². The zero-order valence-electron chi connectivity index (χ0n) is 9.15. The van der Waals surface area contributed by atoms with E-state index in [1.54, 1.807) is 0 Å². The van der Waals surface area contributed by atoms with Gasteiger partial charge in [0.15, 0.2) is 10.8 Å². The molecule has 0 atom stereocenters. The number of H-pyrrole nitrogens is 2. The summed E-state index contributed by atoms with van der Waals surface area (Å²) in [6.45, 7) is 1.95. The number of fused-ring (bicyclic) bond motifs is 1. The number of piperidine rings is 1. The second kappa shape index (κ2) is 3.99. The standard InChI is InChI=1S/C10H12N4O2S/c15-8-6-7(11-9(16)13-8)12-10(17-6)14-4-2-1-3-5-14/h1-5H2,(H2,11,13,15,16). The monoisotopic (exact) mass is 252 g/mol. The first-order chi connectivity index (χ1) is 8.24. The average Bonchev–Trinajstić information content (AvgIpc) is 2.74. The van der Waals surface area contributed by atoms with Crippen LogP contribution in [0.3, 0.4) is 0 Å². The Balaban J connectivity index is 2.09. The molecule has 1 aliphatic rings. The van der Waals surface area contributed by atoms with E-state index in [2.05, 4.69) is 19.9 Å². The van der Waals surface area contributed by atoms with Gasteiger partial charge in [-0.15, -0.1) is 0 Å². The molecule has 0 amide bonds. The van der Waals surface area contributed by atoms with Crippen LogP contribution in [-0.2, 0) is 0 Å². The van der Waals surface area contributed by atoms with E-state index in [-0.39, 0.29) is 5.56 Å². The lowest BCUT2D eigenvalue weighted by molar-refractivity contribution is 0.577. The SMILES string of the molecule is O=c1[nH]c(=O)c2sc(N3CCCCC3)nc2[nH]1. The topological polar surface area (TPSA) is 81.8 Å². The third-order valence-electron chi connectivity index (χ3n) is 2.91. The van der Waals surface area contributed by atoms with Gasteiger partial charge in [-0.2, -0.15) is 0 Å². The summed E-state index contributed by atoms with van der Waals surface area (Å²) in [7, 11) is 0. The van der Waals surface area contributed by atoms with E-state index in [0.29, 0.717) is 10.3 Å². The summed E-state index contributed by atoms with van der Waals surface area (Å²) in [4.78, 5) is 34.0. The number of nitrogens with one attached hydrogen (secondary N) is 2. The van der Waals surface area contributed by atoms with Gasteiger partial charge in [-0.25, -0.2) is 9.78 Å². The van der Waals surface area contributed by atoms with Crippen LogP contribution < -0.4 is 16.1 Å². The Labute approximate surface area is 100 Å². The number of anilines is 1. The molecule has 1 saturated heterocycles. The van der Waals surface area contributed by atoms with E-state index < -0.39 is 5.69 Å². The minimum atomic E-state index is -0.502. The maximum Gasteiger partial charge on any atom is 0.327 e. The second-order valence-corrected chi connectivity index (χ2v) is 5.11. The highest BCUT2D eigenvalue weighted by Gasteiger charge is 2.16. The molecule has 0 radical (unpaired) electrons. The van der Waals surface area contributed by atoms with Gasteiger partial charge in [-0.3, -0.25) is 14.8 Å². The molecule has 2 N–H and O–H groups in total. The number of hydrogen-bond donors (Lipinski definition) is 2. The second-order valence-electron chi connectivity index (χ2n) is 4.13. The Morgan fingerprint density at radius 1 is 1.12 bits per heavy atom. The zero-order chi connectivity index (χ0) is 11.8. The van der Waals surface area contributed by atoms with Crippen LogP contribution in [0, 0.1) is 0 Å². The number of thiazole rings is 1. The largest absolute Gasteiger partial charge is 0.348 e. The maximum absolute atomic E-state index is 11.6. The lowest BCUT2D eigenvalue weighted by Gasteiger charge is -2.25. The quantitative estimate of drug-likeness (QED) is 0.781. The van der Waals surface area contributed by atoms with Crippen LogP contribution in [0.2, 0.25) is 0 Å². The van der Waals surface area contributed by atoms with Crippen molar-refractivity contribution in [3.05, 3.63) is 20.8 Å². The van der Waals surface area contributed by atoms with Crippen LogP contribution in [0.5, 0.6) is 0 Å². The molecular weight excluding hydrogens is 240 g/mol. The minimum absolute atomic E-state index is 0.357. The molecule has 0 unspecified atom stereocenters. The smallest absolute Gasteiger partial charge is 0.327 e. The summed E-state index contributed by atoms with van der Waals surface area (Å²) in [5.41, 5.74) is -0.466. The molecule has 2 aromatic heterocycles. The lowest BCUT2D eigenvalue weighted by Crippen LogP contribution is -2.29. The Morgan fingerprint density at radius 2 is 1.88 bits per heavy atom. The molecule has 1 fully saturated rings. The highest BCUT2D eigenvalue weighted by atomic mass is 32.1. The molecular formula is C10H12N4O2S. The molecule has 90 valence electrons. The minimum Gasteiger partial charge on any atom is -0.348 e. The molecule has 7 heteroatoms. The van der Waals surface area contributed by atoms with Crippen molar-refractivity contribution in [3.63, 3.8) is 0 Å². The summed E-state index contributed by atoms with van der Waals surface area (Å²) in [5.74, 6) is 0. The molecule has 6 nitrogen and oxygen atoms in total. The van der Waals surface area contributed by atoms with Crippen molar-refractivity contribution in [2.24, 2.45) is 0 Å². The van der Waals surface area contributed by atoms with Gasteiger partial charge in [0.25, 0.3) is 5.56 Å². The predicted molar refractivity (Wildman–Crippen MR) is 66.9 cm³/mol. The highest BCUT2D eigenvalue weighted by molar-refractivity contribution is 7.22. The summed E-state index contributed by atoms with van der Waals surface area (Å²) >= 11 is 1.34. The fraction of sp³-hybridized carbons (Fsp3) is 0.500. The van der Waals surface area contributed by atoms with E-state index in [4.69, 9.17) is 0 Å². The molecule has 3 heterocycles. The number of hydrogen-bond acceptors (Lipinski definition) is 5. The first-order valence-corrected chi connectivity index (χ1v) is 6.44. The highest BCUT2D eigenvalue weighted by Crippen LogP contribution is 2.26. The molecule has 0 saturated carbocycles. The predicted octanol–water partition coefficient (Wildman–Crippen LogP) is 0.663. The van der Waals surface area contributed by atoms with E-state index in [1.165, 1.54) is 17.8 Å². The van der Waals surface area contributed by atoms with Crippen molar-refractivity contribution in [1.29, 1.82) is 0 Å². The van der Waals surface area contributed by atoms with Crippen LogP contribution in [-0.4, -0.2) is 28.0 Å².